The van der Waals surface area contributed by atoms with Crippen molar-refractivity contribution >= 4 is 17.5 Å². The van der Waals surface area contributed by atoms with Crippen LogP contribution in [0.3, 0.4) is 0 Å². The summed E-state index contributed by atoms with van der Waals surface area (Å²) in [5.74, 6) is -1.99. The van der Waals surface area contributed by atoms with Gasteiger partial charge < -0.3 is 4.74 Å². The third kappa shape index (κ3) is 4.63. The smallest absolute Gasteiger partial charge is 0.313 e. The highest BCUT2D eigenvalue weighted by Gasteiger charge is 2.50. The summed E-state index contributed by atoms with van der Waals surface area (Å²) in [7, 11) is 0. The normalized spacial score (nSPS) is 17.4. The first-order valence-electron chi connectivity index (χ1n) is 5.58. The topological polar surface area (TPSA) is 60.4 Å². The predicted octanol–water partition coefficient (Wildman–Crippen LogP) is 1.75. The molecular formula is C12H17FO4. The van der Waals surface area contributed by atoms with Crippen molar-refractivity contribution in [3.05, 3.63) is 0 Å². The SMILES string of the molecule is CC(C)(C)OC(=O)CC(=O)CC(=O)C1(F)CC1. The lowest BCUT2D eigenvalue weighted by molar-refractivity contribution is -0.156. The molecule has 0 aliphatic heterocycles. The van der Waals surface area contributed by atoms with E-state index in [9.17, 15) is 18.8 Å². The quantitative estimate of drug-likeness (QED) is 0.546. The molecule has 1 aliphatic rings. The Hall–Kier alpha value is -1.26. The average molecular weight is 244 g/mol. The van der Waals surface area contributed by atoms with E-state index in [1.807, 2.05) is 0 Å². The van der Waals surface area contributed by atoms with Crippen molar-refractivity contribution in [3.8, 4) is 0 Å². The van der Waals surface area contributed by atoms with Crippen molar-refractivity contribution in [3.63, 3.8) is 0 Å². The Balaban J connectivity index is 2.35. The summed E-state index contributed by atoms with van der Waals surface area (Å²) in [5, 5.41) is 0. The molecule has 1 saturated carbocycles. The van der Waals surface area contributed by atoms with Gasteiger partial charge in [0.15, 0.2) is 17.2 Å². The zero-order chi connectivity index (χ0) is 13.3. The molecule has 0 N–H and O–H groups in total. The summed E-state index contributed by atoms with van der Waals surface area (Å²) in [6, 6.07) is 0. The Kier molecular flexibility index (Phi) is 3.69. The minimum absolute atomic E-state index is 0.186. The van der Waals surface area contributed by atoms with Crippen molar-refractivity contribution in [2.24, 2.45) is 0 Å². The maximum atomic E-state index is 13.2. The van der Waals surface area contributed by atoms with Crippen LogP contribution >= 0.6 is 0 Å². The number of ether oxygens (including phenoxy) is 1. The van der Waals surface area contributed by atoms with E-state index in [-0.39, 0.29) is 12.8 Å². The van der Waals surface area contributed by atoms with Gasteiger partial charge in [-0.3, -0.25) is 14.4 Å². The molecule has 1 fully saturated rings. The second kappa shape index (κ2) is 4.55. The first-order valence-corrected chi connectivity index (χ1v) is 5.58. The average Bonchev–Trinajstić information content (AvgIpc) is 2.80. The molecule has 0 aromatic rings. The van der Waals surface area contributed by atoms with Crippen LogP contribution in [-0.4, -0.2) is 28.8 Å². The van der Waals surface area contributed by atoms with Crippen molar-refractivity contribution in [1.82, 2.24) is 0 Å². The molecule has 0 atom stereocenters. The lowest BCUT2D eigenvalue weighted by Crippen LogP contribution is -2.27. The molecule has 0 unspecified atom stereocenters. The zero-order valence-corrected chi connectivity index (χ0v) is 10.3. The monoisotopic (exact) mass is 244 g/mol. The van der Waals surface area contributed by atoms with Crippen LogP contribution in [0.25, 0.3) is 0 Å². The van der Waals surface area contributed by atoms with Gasteiger partial charge in [0, 0.05) is 0 Å². The number of alkyl halides is 1. The van der Waals surface area contributed by atoms with Crippen molar-refractivity contribution in [2.45, 2.75) is 57.7 Å². The van der Waals surface area contributed by atoms with Crippen molar-refractivity contribution in [2.75, 3.05) is 0 Å². The number of hydrogen-bond acceptors (Lipinski definition) is 4. The van der Waals surface area contributed by atoms with E-state index in [1.54, 1.807) is 20.8 Å². The van der Waals surface area contributed by atoms with Crippen LogP contribution in [0.5, 0.6) is 0 Å². The van der Waals surface area contributed by atoms with Crippen LogP contribution in [0.15, 0.2) is 0 Å². The number of Topliss-reactive ketones (excluding diaryl/α,β-unsaturated/α-hetero) is 2. The lowest BCUT2D eigenvalue weighted by Gasteiger charge is -2.19. The first-order chi connectivity index (χ1) is 7.62. The lowest BCUT2D eigenvalue weighted by atomic mass is 10.1. The van der Waals surface area contributed by atoms with E-state index in [0.717, 1.165) is 0 Å². The second-order valence-corrected chi connectivity index (χ2v) is 5.37. The van der Waals surface area contributed by atoms with Crippen LogP contribution in [0.4, 0.5) is 4.39 Å². The van der Waals surface area contributed by atoms with E-state index in [0.29, 0.717) is 0 Å². The van der Waals surface area contributed by atoms with Crippen LogP contribution < -0.4 is 0 Å². The molecule has 0 amide bonds. The number of esters is 1. The summed E-state index contributed by atoms with van der Waals surface area (Å²) < 4.78 is 18.2. The Morgan fingerprint density at radius 3 is 2.12 bits per heavy atom. The summed E-state index contributed by atoms with van der Waals surface area (Å²) in [6.07, 6.45) is -0.619. The molecule has 0 aromatic carbocycles. The second-order valence-electron chi connectivity index (χ2n) is 5.37. The van der Waals surface area contributed by atoms with Gasteiger partial charge in [-0.2, -0.15) is 0 Å². The number of ketones is 2. The maximum absolute atomic E-state index is 13.2. The highest BCUT2D eigenvalue weighted by atomic mass is 19.1. The van der Waals surface area contributed by atoms with Crippen LogP contribution in [0, 0.1) is 0 Å². The van der Waals surface area contributed by atoms with E-state index in [1.165, 1.54) is 0 Å². The van der Waals surface area contributed by atoms with Gasteiger partial charge in [0.25, 0.3) is 0 Å². The van der Waals surface area contributed by atoms with Gasteiger partial charge in [-0.25, -0.2) is 4.39 Å². The Labute approximate surface area is 99.5 Å². The third-order valence-corrected chi connectivity index (χ3v) is 2.31. The molecule has 0 aromatic heterocycles. The maximum Gasteiger partial charge on any atom is 0.313 e. The van der Waals surface area contributed by atoms with Crippen LogP contribution in [0.2, 0.25) is 0 Å². The van der Waals surface area contributed by atoms with Crippen LogP contribution in [0.1, 0.15) is 46.5 Å². The zero-order valence-electron chi connectivity index (χ0n) is 10.3. The van der Waals surface area contributed by atoms with Gasteiger partial charge in [-0.05, 0) is 33.6 Å². The van der Waals surface area contributed by atoms with E-state index >= 15 is 0 Å². The minimum atomic E-state index is -1.80. The van der Waals surface area contributed by atoms with Gasteiger partial charge >= 0.3 is 5.97 Å². The molecule has 17 heavy (non-hydrogen) atoms. The molecule has 0 spiro atoms. The summed E-state index contributed by atoms with van der Waals surface area (Å²) in [4.78, 5) is 33.9. The standard InChI is InChI=1S/C12H17FO4/c1-11(2,3)17-10(16)7-8(14)6-9(15)12(13)4-5-12/h4-7H2,1-3H3. The fourth-order valence-electron chi connectivity index (χ4n) is 1.33. The largest absolute Gasteiger partial charge is 0.460 e. The van der Waals surface area contributed by atoms with Gasteiger partial charge in [-0.15, -0.1) is 0 Å². The summed E-state index contributed by atoms with van der Waals surface area (Å²) in [6.45, 7) is 5.05. The Morgan fingerprint density at radius 2 is 1.71 bits per heavy atom. The first kappa shape index (κ1) is 13.8. The molecule has 96 valence electrons. The molecule has 4 nitrogen and oxygen atoms in total. The fraction of sp³-hybridized carbons (Fsp3) is 0.750. The Morgan fingerprint density at radius 1 is 1.18 bits per heavy atom. The van der Waals surface area contributed by atoms with E-state index in [4.69, 9.17) is 4.74 Å². The van der Waals surface area contributed by atoms with Gasteiger partial charge in [-0.1, -0.05) is 0 Å². The molecule has 5 heteroatoms. The molecule has 1 rings (SSSR count). The molecular weight excluding hydrogens is 227 g/mol. The van der Waals surface area contributed by atoms with Crippen molar-refractivity contribution in [1.29, 1.82) is 0 Å². The fourth-order valence-corrected chi connectivity index (χ4v) is 1.33. The molecule has 0 saturated heterocycles. The predicted molar refractivity (Wildman–Crippen MR) is 58.2 cm³/mol. The third-order valence-electron chi connectivity index (χ3n) is 2.31. The molecule has 0 radical (unpaired) electrons. The van der Waals surface area contributed by atoms with Crippen molar-refractivity contribution < 1.29 is 23.5 Å². The highest BCUT2D eigenvalue weighted by Crippen LogP contribution is 2.41. The number of hydrogen-bond donors (Lipinski definition) is 0. The molecule has 0 heterocycles. The van der Waals surface area contributed by atoms with E-state index < -0.39 is 41.6 Å². The Bertz CT molecular complexity index is 350. The number of halogens is 1. The van der Waals surface area contributed by atoms with Gasteiger partial charge in [0.05, 0.1) is 6.42 Å². The molecule has 1 aliphatic carbocycles. The summed E-state index contributed by atoms with van der Waals surface area (Å²) >= 11 is 0. The van der Waals surface area contributed by atoms with Gasteiger partial charge in [0.1, 0.15) is 12.0 Å². The number of carbonyl (C=O) groups excluding carboxylic acids is 3. The summed E-state index contributed by atoms with van der Waals surface area (Å²) in [5.41, 5.74) is -2.47. The molecule has 0 bridgehead atoms. The minimum Gasteiger partial charge on any atom is -0.460 e. The van der Waals surface area contributed by atoms with Crippen LogP contribution in [-0.2, 0) is 19.1 Å². The number of carbonyl (C=O) groups is 3. The highest BCUT2D eigenvalue weighted by molar-refractivity contribution is 6.08. The number of rotatable bonds is 5. The van der Waals surface area contributed by atoms with E-state index in [2.05, 4.69) is 0 Å². The van der Waals surface area contributed by atoms with Gasteiger partial charge in [0.2, 0.25) is 0 Å².